The molecule has 0 aromatic rings. The summed E-state index contributed by atoms with van der Waals surface area (Å²) < 4.78 is 0. The predicted octanol–water partition coefficient (Wildman–Crippen LogP) is 2.69. The summed E-state index contributed by atoms with van der Waals surface area (Å²) in [6.45, 7) is 7.22. The van der Waals surface area contributed by atoms with Gasteiger partial charge < -0.3 is 0 Å². The van der Waals surface area contributed by atoms with Gasteiger partial charge in [-0.1, -0.05) is 27.2 Å². The van der Waals surface area contributed by atoms with Crippen molar-refractivity contribution in [3.63, 3.8) is 0 Å². The number of fused-ring (bicyclic) bond motifs is 1. The summed E-state index contributed by atoms with van der Waals surface area (Å²) in [4.78, 5) is 0. The molecule has 2 rings (SSSR count). The van der Waals surface area contributed by atoms with Gasteiger partial charge in [-0.3, -0.25) is 0 Å². The fraction of sp³-hybridized carbons (Fsp3) is 1.00. The van der Waals surface area contributed by atoms with Crippen LogP contribution in [-0.2, 0) is 0 Å². The zero-order valence-corrected chi connectivity index (χ0v) is 6.65. The smallest absolute Gasteiger partial charge is 0.0238 e. The monoisotopic (exact) mass is 124 g/mol. The van der Waals surface area contributed by atoms with E-state index >= 15 is 0 Å². The molecular formula is C9H16. The van der Waals surface area contributed by atoms with E-state index in [-0.39, 0.29) is 0 Å². The Morgan fingerprint density at radius 1 is 1.56 bits per heavy atom. The molecular weight excluding hydrogens is 108 g/mol. The second kappa shape index (κ2) is 1.36. The van der Waals surface area contributed by atoms with Gasteiger partial charge in [0.25, 0.3) is 0 Å². The maximum absolute atomic E-state index is 2.47. The summed E-state index contributed by atoms with van der Waals surface area (Å²) >= 11 is 0. The van der Waals surface area contributed by atoms with E-state index in [9.17, 15) is 0 Å². The normalized spacial score (nSPS) is 62.3. The van der Waals surface area contributed by atoms with Gasteiger partial charge in [0.05, 0.1) is 0 Å². The third kappa shape index (κ3) is 0.426. The van der Waals surface area contributed by atoms with Gasteiger partial charge in [0.15, 0.2) is 0 Å². The first-order chi connectivity index (χ1) is 4.21. The molecule has 52 valence electrons. The lowest BCUT2D eigenvalue weighted by Crippen LogP contribution is -2.24. The molecule has 0 saturated heterocycles. The van der Waals surface area contributed by atoms with Crippen LogP contribution in [0, 0.1) is 23.2 Å². The van der Waals surface area contributed by atoms with Crippen molar-refractivity contribution in [1.82, 2.24) is 0 Å². The van der Waals surface area contributed by atoms with E-state index in [1.54, 1.807) is 0 Å². The lowest BCUT2D eigenvalue weighted by Gasteiger charge is -2.32. The van der Waals surface area contributed by atoms with Crippen molar-refractivity contribution in [2.75, 3.05) is 0 Å². The first-order valence-electron chi connectivity index (χ1n) is 4.21. The Morgan fingerprint density at radius 3 is 2.33 bits per heavy atom. The third-order valence-corrected chi connectivity index (χ3v) is 4.19. The highest BCUT2D eigenvalue weighted by Crippen LogP contribution is 2.75. The van der Waals surface area contributed by atoms with Gasteiger partial charge in [0.1, 0.15) is 0 Å². The van der Waals surface area contributed by atoms with Crippen molar-refractivity contribution >= 4 is 0 Å². The van der Waals surface area contributed by atoms with Crippen molar-refractivity contribution in [2.45, 2.75) is 33.6 Å². The Kier molecular flexibility index (Phi) is 0.868. The molecule has 2 saturated carbocycles. The van der Waals surface area contributed by atoms with Crippen LogP contribution in [0.3, 0.4) is 0 Å². The van der Waals surface area contributed by atoms with Gasteiger partial charge in [-0.15, -0.1) is 0 Å². The molecule has 0 N–H and O–H groups in total. The highest BCUT2D eigenvalue weighted by atomic mass is 14.7. The predicted molar refractivity (Wildman–Crippen MR) is 39.2 cm³/mol. The fourth-order valence-electron chi connectivity index (χ4n) is 3.00. The molecule has 0 amide bonds. The summed E-state index contributed by atoms with van der Waals surface area (Å²) in [5, 5.41) is 0. The zero-order valence-electron chi connectivity index (χ0n) is 6.65. The second-order valence-electron chi connectivity index (χ2n) is 4.10. The third-order valence-electron chi connectivity index (χ3n) is 4.19. The van der Waals surface area contributed by atoms with Crippen LogP contribution in [0.2, 0.25) is 0 Å². The minimum absolute atomic E-state index is 0.814. The van der Waals surface area contributed by atoms with E-state index in [1.165, 1.54) is 12.8 Å². The van der Waals surface area contributed by atoms with Crippen molar-refractivity contribution < 1.29 is 0 Å². The molecule has 0 bridgehead atoms. The summed E-state index contributed by atoms with van der Waals surface area (Å²) in [5.41, 5.74) is 0.814. The zero-order chi connectivity index (χ0) is 6.65. The molecule has 0 heterocycles. The van der Waals surface area contributed by atoms with E-state index in [0.29, 0.717) is 0 Å². The molecule has 0 aliphatic heterocycles. The summed E-state index contributed by atoms with van der Waals surface area (Å²) in [6, 6.07) is 0. The van der Waals surface area contributed by atoms with Crippen LogP contribution in [0.5, 0.6) is 0 Å². The van der Waals surface area contributed by atoms with E-state index in [4.69, 9.17) is 0 Å². The van der Waals surface area contributed by atoms with Crippen molar-refractivity contribution in [3.05, 3.63) is 0 Å². The lowest BCUT2D eigenvalue weighted by molar-refractivity contribution is 0.169. The second-order valence-corrected chi connectivity index (χ2v) is 4.10. The standard InChI is InChI=1S/C9H16/c1-4-7-5-8-6(2)9(7,8)3/h6-8H,4-5H2,1-3H3. The van der Waals surface area contributed by atoms with Crippen molar-refractivity contribution in [2.24, 2.45) is 23.2 Å². The van der Waals surface area contributed by atoms with Crippen LogP contribution in [0.25, 0.3) is 0 Å². The first kappa shape index (κ1) is 5.76. The molecule has 0 spiro atoms. The minimum Gasteiger partial charge on any atom is -0.0651 e. The maximum atomic E-state index is 2.47. The first-order valence-corrected chi connectivity index (χ1v) is 4.21. The Labute approximate surface area is 57.6 Å². The topological polar surface area (TPSA) is 0 Å². The van der Waals surface area contributed by atoms with Crippen molar-refractivity contribution in [3.8, 4) is 0 Å². The molecule has 0 nitrogen and oxygen atoms in total. The van der Waals surface area contributed by atoms with Crippen LogP contribution in [-0.4, -0.2) is 0 Å². The molecule has 2 aliphatic carbocycles. The molecule has 4 unspecified atom stereocenters. The largest absolute Gasteiger partial charge is 0.0651 e. The molecule has 0 radical (unpaired) electrons. The Bertz CT molecular complexity index is 133. The number of hydrogen-bond donors (Lipinski definition) is 0. The average molecular weight is 124 g/mol. The Balaban J connectivity index is 2.07. The molecule has 2 aliphatic rings. The van der Waals surface area contributed by atoms with Gasteiger partial charge in [-0.05, 0) is 29.6 Å². The summed E-state index contributed by atoms with van der Waals surface area (Å²) in [5.74, 6) is 3.27. The lowest BCUT2D eigenvalue weighted by atomic mass is 9.73. The van der Waals surface area contributed by atoms with Gasteiger partial charge in [-0.25, -0.2) is 0 Å². The molecule has 2 fully saturated rings. The molecule has 0 heteroatoms. The molecule has 4 atom stereocenters. The van der Waals surface area contributed by atoms with Gasteiger partial charge in [-0.2, -0.15) is 0 Å². The van der Waals surface area contributed by atoms with Crippen molar-refractivity contribution in [1.29, 1.82) is 0 Å². The minimum atomic E-state index is 0.814. The van der Waals surface area contributed by atoms with E-state index < -0.39 is 0 Å². The Hall–Kier alpha value is 0. The van der Waals surface area contributed by atoms with E-state index in [1.807, 2.05) is 0 Å². The van der Waals surface area contributed by atoms with Crippen LogP contribution < -0.4 is 0 Å². The number of hydrogen-bond acceptors (Lipinski definition) is 0. The van der Waals surface area contributed by atoms with Crippen LogP contribution in [0.15, 0.2) is 0 Å². The highest BCUT2D eigenvalue weighted by Gasteiger charge is 2.69. The van der Waals surface area contributed by atoms with Gasteiger partial charge in [0, 0.05) is 0 Å². The van der Waals surface area contributed by atoms with Crippen LogP contribution in [0.4, 0.5) is 0 Å². The Morgan fingerprint density at radius 2 is 2.22 bits per heavy atom. The summed E-state index contributed by atoms with van der Waals surface area (Å²) in [6.07, 6.45) is 2.95. The fourth-order valence-corrected chi connectivity index (χ4v) is 3.00. The molecule has 0 aromatic heterocycles. The average Bonchev–Trinajstić information content (AvgIpc) is 2.18. The van der Waals surface area contributed by atoms with Crippen LogP contribution >= 0.6 is 0 Å². The number of rotatable bonds is 1. The van der Waals surface area contributed by atoms with Gasteiger partial charge >= 0.3 is 0 Å². The SMILES string of the molecule is CCC1CC2C(C)C12C. The van der Waals surface area contributed by atoms with E-state index in [2.05, 4.69) is 20.8 Å². The quantitative estimate of drug-likeness (QED) is 0.504. The van der Waals surface area contributed by atoms with Crippen LogP contribution in [0.1, 0.15) is 33.6 Å². The molecule has 0 aromatic carbocycles. The van der Waals surface area contributed by atoms with Gasteiger partial charge in [0.2, 0.25) is 0 Å². The highest BCUT2D eigenvalue weighted by molar-refractivity contribution is 5.17. The van der Waals surface area contributed by atoms with E-state index in [0.717, 1.165) is 23.2 Å². The summed E-state index contributed by atoms with van der Waals surface area (Å²) in [7, 11) is 0. The molecule has 9 heavy (non-hydrogen) atoms. The maximum Gasteiger partial charge on any atom is -0.0238 e.